The van der Waals surface area contributed by atoms with Gasteiger partial charge >= 0.3 is 0 Å². The normalized spacial score (nSPS) is 10.6. The number of hydrogen-bond acceptors (Lipinski definition) is 5. The van der Waals surface area contributed by atoms with Crippen LogP contribution in [-0.4, -0.2) is 21.6 Å². The van der Waals surface area contributed by atoms with Gasteiger partial charge in [0.25, 0.3) is 0 Å². The van der Waals surface area contributed by atoms with Gasteiger partial charge in [-0.25, -0.2) is 9.97 Å². The quantitative estimate of drug-likeness (QED) is 0.628. The number of hydrogen-bond donors (Lipinski definition) is 2. The van der Waals surface area contributed by atoms with Crippen molar-refractivity contribution in [2.75, 3.05) is 16.8 Å². The molecule has 1 aromatic heterocycles. The number of para-hydroxylation sites is 1. The Morgan fingerprint density at radius 2 is 1.87 bits per heavy atom. The Hall–Kier alpha value is -2.08. The highest BCUT2D eigenvalue weighted by Crippen LogP contribution is 2.23. The van der Waals surface area contributed by atoms with Crippen molar-refractivity contribution in [1.29, 1.82) is 0 Å². The number of thioether (sulfide) groups is 1. The van der Waals surface area contributed by atoms with E-state index < -0.39 is 0 Å². The lowest BCUT2D eigenvalue weighted by Crippen LogP contribution is -2.17. The predicted octanol–water partition coefficient (Wildman–Crippen LogP) is 3.22. The number of nitrogen functional groups attached to an aromatic ring is 1. The van der Waals surface area contributed by atoms with E-state index in [0.29, 0.717) is 11.0 Å². The van der Waals surface area contributed by atoms with Crippen LogP contribution in [0.25, 0.3) is 0 Å². The molecule has 2 aromatic rings. The monoisotopic (exact) mass is 330 g/mol. The van der Waals surface area contributed by atoms with Crippen LogP contribution < -0.4 is 11.1 Å². The fourth-order valence-electron chi connectivity index (χ4n) is 2.34. The number of carbonyl (C=O) groups is 1. The van der Waals surface area contributed by atoms with E-state index in [4.69, 9.17) is 5.73 Å². The predicted molar refractivity (Wildman–Crippen MR) is 95.7 cm³/mol. The number of nitrogens with two attached hydrogens (primary N) is 1. The zero-order chi connectivity index (χ0) is 16.8. The second kappa shape index (κ2) is 7.97. The Bertz CT molecular complexity index is 660. The Labute approximate surface area is 141 Å². The van der Waals surface area contributed by atoms with Crippen molar-refractivity contribution < 1.29 is 4.79 Å². The van der Waals surface area contributed by atoms with Crippen LogP contribution in [0.5, 0.6) is 0 Å². The van der Waals surface area contributed by atoms with Gasteiger partial charge in [0, 0.05) is 17.4 Å². The van der Waals surface area contributed by atoms with Gasteiger partial charge in [-0.2, -0.15) is 0 Å². The van der Waals surface area contributed by atoms with Gasteiger partial charge in [-0.3, -0.25) is 4.79 Å². The summed E-state index contributed by atoms with van der Waals surface area (Å²) in [5.74, 6) is 0.615. The van der Waals surface area contributed by atoms with Crippen molar-refractivity contribution in [3.63, 3.8) is 0 Å². The topological polar surface area (TPSA) is 80.9 Å². The molecular weight excluding hydrogens is 308 g/mol. The molecule has 6 heteroatoms. The average Bonchev–Trinajstić information content (AvgIpc) is 2.52. The number of aromatic nitrogens is 2. The maximum absolute atomic E-state index is 12.3. The molecule has 2 rings (SSSR count). The number of aryl methyl sites for hydroxylation is 3. The number of nitrogens with one attached hydrogen (secondary N) is 1. The Balaban J connectivity index is 2.05. The molecule has 0 unspecified atom stereocenters. The Morgan fingerprint density at radius 3 is 2.43 bits per heavy atom. The fourth-order valence-corrected chi connectivity index (χ4v) is 3.05. The molecule has 0 aliphatic carbocycles. The molecule has 1 amide bonds. The van der Waals surface area contributed by atoms with Crippen molar-refractivity contribution in [2.45, 2.75) is 38.8 Å². The van der Waals surface area contributed by atoms with Crippen molar-refractivity contribution in [3.8, 4) is 0 Å². The zero-order valence-electron chi connectivity index (χ0n) is 13.7. The van der Waals surface area contributed by atoms with Crippen LogP contribution in [0.3, 0.4) is 0 Å². The molecule has 0 bridgehead atoms. The molecular formula is C17H22N4OS. The summed E-state index contributed by atoms with van der Waals surface area (Å²) in [5.41, 5.74) is 9.74. The average molecular weight is 330 g/mol. The first-order chi connectivity index (χ1) is 11.0. The SMILES string of the molecule is CCc1cccc(CC)c1NC(=O)CSc1nc(C)cc(N)n1. The third kappa shape index (κ3) is 4.69. The van der Waals surface area contributed by atoms with Crippen LogP contribution in [0.4, 0.5) is 11.5 Å². The highest BCUT2D eigenvalue weighted by atomic mass is 32.2. The summed E-state index contributed by atoms with van der Waals surface area (Å²) in [4.78, 5) is 20.7. The number of carbonyl (C=O) groups excluding carboxylic acids is 1. The van der Waals surface area contributed by atoms with Crippen LogP contribution in [0.2, 0.25) is 0 Å². The van der Waals surface area contributed by atoms with Crippen LogP contribution in [-0.2, 0) is 17.6 Å². The van der Waals surface area contributed by atoms with E-state index in [1.807, 2.05) is 25.1 Å². The number of nitrogens with zero attached hydrogens (tertiary/aromatic N) is 2. The molecule has 0 radical (unpaired) electrons. The summed E-state index contributed by atoms with van der Waals surface area (Å²) < 4.78 is 0. The molecule has 0 aliphatic heterocycles. The highest BCUT2D eigenvalue weighted by molar-refractivity contribution is 7.99. The van der Waals surface area contributed by atoms with E-state index in [9.17, 15) is 4.79 Å². The maximum atomic E-state index is 12.3. The number of benzene rings is 1. The number of amides is 1. The van der Waals surface area contributed by atoms with Gasteiger partial charge in [0.15, 0.2) is 5.16 Å². The van der Waals surface area contributed by atoms with Crippen molar-refractivity contribution >= 4 is 29.2 Å². The first-order valence-electron chi connectivity index (χ1n) is 7.68. The van der Waals surface area contributed by atoms with Crippen molar-refractivity contribution in [1.82, 2.24) is 9.97 Å². The van der Waals surface area contributed by atoms with E-state index in [2.05, 4.69) is 29.1 Å². The smallest absolute Gasteiger partial charge is 0.234 e. The van der Waals surface area contributed by atoms with Crippen LogP contribution in [0.1, 0.15) is 30.7 Å². The van der Waals surface area contributed by atoms with E-state index >= 15 is 0 Å². The first kappa shape index (κ1) is 17.3. The minimum atomic E-state index is -0.0609. The van der Waals surface area contributed by atoms with Crippen molar-refractivity contribution in [2.24, 2.45) is 0 Å². The summed E-state index contributed by atoms with van der Waals surface area (Å²) in [6.45, 7) is 6.03. The fraction of sp³-hybridized carbons (Fsp3) is 0.353. The number of rotatable bonds is 6. The summed E-state index contributed by atoms with van der Waals surface area (Å²) in [6, 6.07) is 7.83. The van der Waals surface area contributed by atoms with Gasteiger partial charge in [0.1, 0.15) is 5.82 Å². The molecule has 3 N–H and O–H groups in total. The molecule has 0 saturated heterocycles. The van der Waals surface area contributed by atoms with Gasteiger partial charge < -0.3 is 11.1 Å². The minimum Gasteiger partial charge on any atom is -0.384 e. The lowest BCUT2D eigenvalue weighted by atomic mass is 10.0. The standard InChI is InChI=1S/C17H22N4OS/c1-4-12-7-6-8-13(5-2)16(12)21-15(22)10-23-17-19-11(3)9-14(18)20-17/h6-9H,4-5,10H2,1-3H3,(H,21,22)(H2,18,19,20). The summed E-state index contributed by atoms with van der Waals surface area (Å²) in [7, 11) is 0. The molecule has 1 aromatic carbocycles. The highest BCUT2D eigenvalue weighted by Gasteiger charge is 2.11. The van der Waals surface area contributed by atoms with Crippen LogP contribution >= 0.6 is 11.8 Å². The van der Waals surface area contributed by atoms with Gasteiger partial charge in [-0.15, -0.1) is 0 Å². The van der Waals surface area contributed by atoms with E-state index in [1.165, 1.54) is 11.8 Å². The lowest BCUT2D eigenvalue weighted by Gasteiger charge is -2.14. The molecule has 23 heavy (non-hydrogen) atoms. The second-order valence-electron chi connectivity index (χ2n) is 5.21. The van der Waals surface area contributed by atoms with Crippen LogP contribution in [0, 0.1) is 6.92 Å². The van der Waals surface area contributed by atoms with Crippen molar-refractivity contribution in [3.05, 3.63) is 41.1 Å². The molecule has 0 saturated carbocycles. The van der Waals surface area contributed by atoms with E-state index in [0.717, 1.165) is 35.3 Å². The zero-order valence-corrected chi connectivity index (χ0v) is 14.5. The van der Waals surface area contributed by atoms with Gasteiger partial charge in [0.2, 0.25) is 5.91 Å². The van der Waals surface area contributed by atoms with Gasteiger partial charge in [-0.05, 0) is 30.9 Å². The maximum Gasteiger partial charge on any atom is 0.234 e. The van der Waals surface area contributed by atoms with E-state index in [-0.39, 0.29) is 11.7 Å². The third-order valence-electron chi connectivity index (χ3n) is 3.45. The first-order valence-corrected chi connectivity index (χ1v) is 8.66. The molecule has 0 fully saturated rings. The number of anilines is 2. The second-order valence-corrected chi connectivity index (χ2v) is 6.15. The van der Waals surface area contributed by atoms with Gasteiger partial charge in [0.05, 0.1) is 5.75 Å². The Morgan fingerprint density at radius 1 is 1.22 bits per heavy atom. The molecule has 0 atom stereocenters. The molecule has 0 aliphatic rings. The lowest BCUT2D eigenvalue weighted by molar-refractivity contribution is -0.113. The summed E-state index contributed by atoms with van der Waals surface area (Å²) >= 11 is 1.29. The molecule has 122 valence electrons. The molecule has 5 nitrogen and oxygen atoms in total. The third-order valence-corrected chi connectivity index (χ3v) is 4.30. The van der Waals surface area contributed by atoms with Crippen LogP contribution in [0.15, 0.2) is 29.4 Å². The summed E-state index contributed by atoms with van der Waals surface area (Å²) in [6.07, 6.45) is 1.77. The largest absolute Gasteiger partial charge is 0.384 e. The summed E-state index contributed by atoms with van der Waals surface area (Å²) in [5, 5.41) is 3.56. The van der Waals surface area contributed by atoms with Gasteiger partial charge in [-0.1, -0.05) is 43.8 Å². The molecule has 0 spiro atoms. The van der Waals surface area contributed by atoms with E-state index in [1.54, 1.807) is 6.07 Å². The Kier molecular flexibility index (Phi) is 5.98. The molecule has 1 heterocycles. The minimum absolute atomic E-state index is 0.0609.